The third-order valence-corrected chi connectivity index (χ3v) is 4.04. The van der Waals surface area contributed by atoms with Gasteiger partial charge in [0.1, 0.15) is 0 Å². The number of nitrogens with zero attached hydrogens (tertiary/aromatic N) is 1. The van der Waals surface area contributed by atoms with Crippen LogP contribution in [0.1, 0.15) is 31.4 Å². The fourth-order valence-electron chi connectivity index (χ4n) is 2.48. The Kier molecular flexibility index (Phi) is 5.40. The highest BCUT2D eigenvalue weighted by Crippen LogP contribution is 2.17. The summed E-state index contributed by atoms with van der Waals surface area (Å²) in [6.07, 6.45) is 1.61. The summed E-state index contributed by atoms with van der Waals surface area (Å²) in [6.45, 7) is 3.76. The first-order chi connectivity index (χ1) is 9.56. The molecule has 1 aromatic carbocycles. The second kappa shape index (κ2) is 7.07. The highest BCUT2D eigenvalue weighted by molar-refractivity contribution is 6.30. The number of likely N-dealkylation sites (tertiary alicyclic amines) is 1. The first kappa shape index (κ1) is 15.3. The number of hydrogen-bond donors (Lipinski definition) is 2. The lowest BCUT2D eigenvalue weighted by atomic mass is 10.1. The molecule has 1 aliphatic heterocycles. The molecule has 4 nitrogen and oxygen atoms in total. The van der Waals surface area contributed by atoms with Crippen molar-refractivity contribution in [1.29, 1.82) is 0 Å². The van der Waals surface area contributed by atoms with Crippen molar-refractivity contribution in [2.75, 3.05) is 19.6 Å². The third-order valence-electron chi connectivity index (χ3n) is 3.78. The lowest BCUT2D eigenvalue weighted by molar-refractivity contribution is -0.122. The molecule has 1 saturated heterocycles. The summed E-state index contributed by atoms with van der Waals surface area (Å²) < 4.78 is 0. The minimum absolute atomic E-state index is 0.0354. The van der Waals surface area contributed by atoms with E-state index in [-0.39, 0.29) is 12.5 Å². The summed E-state index contributed by atoms with van der Waals surface area (Å²) in [4.78, 5) is 14.0. The minimum Gasteiger partial charge on any atom is -0.387 e. The van der Waals surface area contributed by atoms with Crippen molar-refractivity contribution in [3.05, 3.63) is 34.9 Å². The number of carbonyl (C=O) groups is 1. The van der Waals surface area contributed by atoms with E-state index >= 15 is 0 Å². The van der Waals surface area contributed by atoms with Gasteiger partial charge in [-0.1, -0.05) is 23.7 Å². The topological polar surface area (TPSA) is 52.6 Å². The average molecular weight is 297 g/mol. The average Bonchev–Trinajstić information content (AvgIpc) is 2.82. The monoisotopic (exact) mass is 296 g/mol. The van der Waals surface area contributed by atoms with Crippen LogP contribution in [0.4, 0.5) is 0 Å². The number of carbonyl (C=O) groups excluding carboxylic acids is 1. The van der Waals surface area contributed by atoms with Gasteiger partial charge in [-0.2, -0.15) is 0 Å². The number of nitrogens with one attached hydrogen (secondary N) is 1. The molecule has 0 saturated carbocycles. The van der Waals surface area contributed by atoms with Crippen LogP contribution in [0.25, 0.3) is 0 Å². The summed E-state index contributed by atoms with van der Waals surface area (Å²) in [6, 6.07) is 7.47. The Morgan fingerprint density at radius 1 is 1.50 bits per heavy atom. The molecule has 1 fully saturated rings. The van der Waals surface area contributed by atoms with Crippen LogP contribution in [-0.4, -0.2) is 41.6 Å². The molecule has 20 heavy (non-hydrogen) atoms. The van der Waals surface area contributed by atoms with Crippen molar-refractivity contribution < 1.29 is 9.90 Å². The van der Waals surface area contributed by atoms with E-state index < -0.39 is 6.10 Å². The van der Waals surface area contributed by atoms with Crippen LogP contribution in [0.3, 0.4) is 0 Å². The van der Waals surface area contributed by atoms with Crippen molar-refractivity contribution in [1.82, 2.24) is 10.2 Å². The number of amides is 1. The van der Waals surface area contributed by atoms with E-state index in [1.54, 1.807) is 24.3 Å². The summed E-state index contributed by atoms with van der Waals surface area (Å²) >= 11 is 5.80. The van der Waals surface area contributed by atoms with Crippen molar-refractivity contribution in [2.24, 2.45) is 0 Å². The summed E-state index contributed by atoms with van der Waals surface area (Å²) in [5.41, 5.74) is 0.754. The van der Waals surface area contributed by atoms with E-state index in [2.05, 4.69) is 17.1 Å². The number of rotatable bonds is 5. The molecule has 1 heterocycles. The zero-order valence-corrected chi connectivity index (χ0v) is 12.4. The van der Waals surface area contributed by atoms with Gasteiger partial charge in [0.15, 0.2) is 0 Å². The number of aliphatic hydroxyl groups excluding tert-OH is 1. The van der Waals surface area contributed by atoms with Gasteiger partial charge in [0.05, 0.1) is 12.6 Å². The van der Waals surface area contributed by atoms with Gasteiger partial charge < -0.3 is 10.4 Å². The van der Waals surface area contributed by atoms with Crippen LogP contribution in [0.2, 0.25) is 5.02 Å². The molecule has 110 valence electrons. The lowest BCUT2D eigenvalue weighted by Crippen LogP contribution is -2.40. The summed E-state index contributed by atoms with van der Waals surface area (Å²) in [5, 5.41) is 13.4. The zero-order valence-electron chi connectivity index (χ0n) is 11.7. The smallest absolute Gasteiger partial charge is 0.234 e. The molecule has 1 amide bonds. The Labute approximate surface area is 124 Å². The first-order valence-electron chi connectivity index (χ1n) is 7.00. The minimum atomic E-state index is -0.702. The molecule has 1 aromatic rings. The van der Waals surface area contributed by atoms with E-state index in [4.69, 9.17) is 11.6 Å². The van der Waals surface area contributed by atoms with E-state index in [0.717, 1.165) is 24.9 Å². The van der Waals surface area contributed by atoms with E-state index in [9.17, 15) is 9.90 Å². The fraction of sp³-hybridized carbons (Fsp3) is 0.533. The number of halogens is 1. The molecule has 0 spiro atoms. The Hall–Kier alpha value is -1.10. The van der Waals surface area contributed by atoms with Gasteiger partial charge in [-0.3, -0.25) is 9.69 Å². The van der Waals surface area contributed by atoms with E-state index in [1.807, 2.05) is 0 Å². The van der Waals surface area contributed by atoms with Crippen LogP contribution >= 0.6 is 11.6 Å². The van der Waals surface area contributed by atoms with Gasteiger partial charge in [-0.25, -0.2) is 0 Å². The standard InChI is InChI=1S/C15H21ClN2O2/c1-11-3-2-8-18(11)10-15(20)17-9-14(19)12-4-6-13(16)7-5-12/h4-7,11,14,19H,2-3,8-10H2,1H3,(H,17,20). The SMILES string of the molecule is CC1CCCN1CC(=O)NCC(O)c1ccc(Cl)cc1. The molecule has 5 heteroatoms. The number of aliphatic hydroxyl groups is 1. The van der Waals surface area contributed by atoms with Gasteiger partial charge in [0, 0.05) is 17.6 Å². The second-order valence-corrected chi connectivity index (χ2v) is 5.77. The maximum Gasteiger partial charge on any atom is 0.234 e. The van der Waals surface area contributed by atoms with Crippen LogP contribution < -0.4 is 5.32 Å². The normalized spacial score (nSPS) is 20.9. The summed E-state index contributed by atoms with van der Waals surface area (Å²) in [7, 11) is 0. The molecule has 2 rings (SSSR count). The maximum absolute atomic E-state index is 11.8. The van der Waals surface area contributed by atoms with Crippen LogP contribution in [0.15, 0.2) is 24.3 Å². The molecular formula is C15H21ClN2O2. The van der Waals surface area contributed by atoms with E-state index in [0.29, 0.717) is 17.6 Å². The van der Waals surface area contributed by atoms with Crippen LogP contribution in [0, 0.1) is 0 Å². The molecule has 2 N–H and O–H groups in total. The molecule has 0 radical (unpaired) electrons. The molecule has 1 aliphatic rings. The van der Waals surface area contributed by atoms with Crippen LogP contribution in [0.5, 0.6) is 0 Å². The van der Waals surface area contributed by atoms with Gasteiger partial charge >= 0.3 is 0 Å². The van der Waals surface area contributed by atoms with Gasteiger partial charge in [-0.15, -0.1) is 0 Å². The van der Waals surface area contributed by atoms with Crippen molar-refractivity contribution in [2.45, 2.75) is 31.9 Å². The molecule has 2 atom stereocenters. The molecule has 0 aliphatic carbocycles. The van der Waals surface area contributed by atoms with Crippen molar-refractivity contribution in [3.63, 3.8) is 0 Å². The highest BCUT2D eigenvalue weighted by Gasteiger charge is 2.22. The van der Waals surface area contributed by atoms with E-state index in [1.165, 1.54) is 0 Å². The quantitative estimate of drug-likeness (QED) is 0.873. The highest BCUT2D eigenvalue weighted by atomic mass is 35.5. The van der Waals surface area contributed by atoms with Crippen molar-refractivity contribution >= 4 is 17.5 Å². The zero-order chi connectivity index (χ0) is 14.5. The first-order valence-corrected chi connectivity index (χ1v) is 7.38. The van der Waals surface area contributed by atoms with Crippen LogP contribution in [-0.2, 0) is 4.79 Å². The molecule has 0 bridgehead atoms. The van der Waals surface area contributed by atoms with Gasteiger partial charge in [0.2, 0.25) is 5.91 Å². The molecule has 0 aromatic heterocycles. The largest absolute Gasteiger partial charge is 0.387 e. The maximum atomic E-state index is 11.8. The Bertz CT molecular complexity index is 450. The number of hydrogen-bond acceptors (Lipinski definition) is 3. The van der Waals surface area contributed by atoms with Gasteiger partial charge in [-0.05, 0) is 44.0 Å². The Balaban J connectivity index is 1.76. The lowest BCUT2D eigenvalue weighted by Gasteiger charge is -2.20. The predicted octanol–water partition coefficient (Wildman–Crippen LogP) is 1.97. The van der Waals surface area contributed by atoms with Crippen molar-refractivity contribution in [3.8, 4) is 0 Å². The summed E-state index contributed by atoms with van der Waals surface area (Å²) in [5.74, 6) is -0.0354. The predicted molar refractivity (Wildman–Crippen MR) is 79.7 cm³/mol. The number of benzene rings is 1. The molecular weight excluding hydrogens is 276 g/mol. The second-order valence-electron chi connectivity index (χ2n) is 5.33. The van der Waals surface area contributed by atoms with Gasteiger partial charge in [0.25, 0.3) is 0 Å². The Morgan fingerprint density at radius 3 is 2.80 bits per heavy atom. The molecule has 2 unspecified atom stereocenters. The third kappa shape index (κ3) is 4.20. The fourth-order valence-corrected chi connectivity index (χ4v) is 2.61. The Morgan fingerprint density at radius 2 is 2.20 bits per heavy atom.